The summed E-state index contributed by atoms with van der Waals surface area (Å²) in [5, 5.41) is 30.7. The molecule has 0 spiro atoms. The molecule has 2 N–H and O–H groups in total. The zero-order valence-corrected chi connectivity index (χ0v) is 18.3. The molecule has 6 heteroatoms. The Balaban J connectivity index is 1.61. The van der Waals surface area contributed by atoms with Gasteiger partial charge < -0.3 is 20.0 Å². The highest BCUT2D eigenvalue weighted by Gasteiger charge is 2.41. The Bertz CT molecular complexity index is 1060. The summed E-state index contributed by atoms with van der Waals surface area (Å²) in [5.74, 6) is 1.60. The second-order valence-corrected chi connectivity index (χ2v) is 9.01. The van der Waals surface area contributed by atoms with Gasteiger partial charge in [-0.25, -0.2) is 0 Å². The summed E-state index contributed by atoms with van der Waals surface area (Å²) < 4.78 is 0. The highest BCUT2D eigenvalue weighted by Crippen LogP contribution is 2.37. The summed E-state index contributed by atoms with van der Waals surface area (Å²) in [4.78, 5) is 4.66. The van der Waals surface area contributed by atoms with E-state index in [1.807, 2.05) is 24.3 Å². The van der Waals surface area contributed by atoms with Gasteiger partial charge in [0.15, 0.2) is 5.82 Å². The van der Waals surface area contributed by atoms with Crippen molar-refractivity contribution in [3.05, 3.63) is 42.5 Å². The molecule has 3 aromatic rings. The molecule has 1 saturated heterocycles. The topological polar surface area (TPSA) is 72.7 Å². The van der Waals surface area contributed by atoms with Crippen LogP contribution < -0.4 is 4.90 Å². The van der Waals surface area contributed by atoms with Gasteiger partial charge in [0.05, 0.1) is 5.69 Å². The molecule has 0 saturated carbocycles. The molecule has 2 unspecified atom stereocenters. The fraction of sp³-hybridized carbons (Fsp3) is 0.417. The Hall–Kier alpha value is -2.86. The maximum Gasteiger partial charge on any atom is 0.151 e. The summed E-state index contributed by atoms with van der Waals surface area (Å²) in [7, 11) is 4.28. The number of piperidine rings is 1. The van der Waals surface area contributed by atoms with Crippen LogP contribution in [0.25, 0.3) is 22.0 Å². The molecule has 1 aliphatic rings. The van der Waals surface area contributed by atoms with Gasteiger partial charge in [-0.3, -0.25) is 0 Å². The van der Waals surface area contributed by atoms with Crippen LogP contribution in [-0.4, -0.2) is 57.5 Å². The number of aromatic nitrogens is 2. The van der Waals surface area contributed by atoms with Crippen LogP contribution in [0, 0.1) is 5.92 Å². The zero-order chi connectivity index (χ0) is 21.6. The van der Waals surface area contributed by atoms with E-state index < -0.39 is 0 Å². The van der Waals surface area contributed by atoms with E-state index in [9.17, 15) is 10.2 Å². The molecular formula is C24H30N4O2. The number of anilines is 1. The number of fused-ring (bicyclic) bond motifs is 1. The van der Waals surface area contributed by atoms with Gasteiger partial charge >= 0.3 is 0 Å². The first kappa shape index (κ1) is 20.4. The SMILES string of the molecule is CC1C(N(C)c2ccc(-c3cc4ccc(O)cc4cc3O)nn2)CCN(C)C1(C)C. The molecule has 0 bridgehead atoms. The third-order valence-corrected chi connectivity index (χ3v) is 7.16. The molecule has 30 heavy (non-hydrogen) atoms. The molecular weight excluding hydrogens is 376 g/mol. The number of hydrogen-bond donors (Lipinski definition) is 2. The smallest absolute Gasteiger partial charge is 0.151 e. The average Bonchev–Trinajstić information content (AvgIpc) is 2.72. The number of phenols is 2. The first-order valence-corrected chi connectivity index (χ1v) is 10.4. The van der Waals surface area contributed by atoms with Crippen LogP contribution in [0.5, 0.6) is 11.5 Å². The van der Waals surface area contributed by atoms with Crippen molar-refractivity contribution >= 4 is 16.6 Å². The highest BCUT2D eigenvalue weighted by molar-refractivity contribution is 5.90. The summed E-state index contributed by atoms with van der Waals surface area (Å²) >= 11 is 0. The zero-order valence-electron chi connectivity index (χ0n) is 18.3. The van der Waals surface area contributed by atoms with Gasteiger partial charge in [-0.15, -0.1) is 10.2 Å². The first-order chi connectivity index (χ1) is 14.2. The second-order valence-electron chi connectivity index (χ2n) is 9.01. The van der Waals surface area contributed by atoms with Crippen molar-refractivity contribution in [2.45, 2.75) is 38.8 Å². The van der Waals surface area contributed by atoms with Gasteiger partial charge in [0.1, 0.15) is 11.5 Å². The number of hydrogen-bond acceptors (Lipinski definition) is 6. The second kappa shape index (κ2) is 7.43. The number of aromatic hydroxyl groups is 2. The van der Waals surface area contributed by atoms with Gasteiger partial charge in [-0.2, -0.15) is 0 Å². The lowest BCUT2D eigenvalue weighted by Crippen LogP contribution is -2.59. The van der Waals surface area contributed by atoms with Crippen LogP contribution in [0.4, 0.5) is 5.82 Å². The van der Waals surface area contributed by atoms with Crippen LogP contribution in [0.15, 0.2) is 42.5 Å². The molecule has 1 aliphatic heterocycles. The molecule has 4 rings (SSSR count). The number of benzene rings is 2. The molecule has 2 heterocycles. The third kappa shape index (κ3) is 3.45. The normalized spacial score (nSPS) is 21.6. The average molecular weight is 407 g/mol. The van der Waals surface area contributed by atoms with E-state index in [0.717, 1.165) is 29.6 Å². The van der Waals surface area contributed by atoms with E-state index in [-0.39, 0.29) is 17.0 Å². The Kier molecular flexibility index (Phi) is 5.06. The summed E-state index contributed by atoms with van der Waals surface area (Å²) in [6.45, 7) is 7.96. The minimum Gasteiger partial charge on any atom is -0.508 e. The standard InChI is InChI=1S/C24H30N4O2/c1-15-21(10-11-27(4)24(15,2)3)28(5)23-9-8-20(25-26-23)19-13-16-6-7-18(29)12-17(16)14-22(19)30/h6-9,12-15,21,29-30H,10-11H2,1-5H3. The molecule has 0 radical (unpaired) electrons. The minimum absolute atomic E-state index is 0.120. The van der Waals surface area contributed by atoms with Gasteiger partial charge in [-0.05, 0) is 80.4 Å². The number of likely N-dealkylation sites (tertiary alicyclic amines) is 1. The van der Waals surface area contributed by atoms with Gasteiger partial charge in [0.25, 0.3) is 0 Å². The van der Waals surface area contributed by atoms with Crippen molar-refractivity contribution in [2.75, 3.05) is 25.5 Å². The fourth-order valence-electron chi connectivity index (χ4n) is 4.52. The lowest BCUT2D eigenvalue weighted by Gasteiger charge is -2.51. The van der Waals surface area contributed by atoms with Crippen LogP contribution >= 0.6 is 0 Å². The van der Waals surface area contributed by atoms with Crippen LogP contribution in [0.3, 0.4) is 0 Å². The number of phenolic OH excluding ortho intramolecular Hbond substituents is 2. The summed E-state index contributed by atoms with van der Waals surface area (Å²) in [5.41, 5.74) is 1.37. The Morgan fingerprint density at radius 2 is 1.80 bits per heavy atom. The summed E-state index contributed by atoms with van der Waals surface area (Å²) in [6, 6.07) is 12.9. The monoisotopic (exact) mass is 406 g/mol. The van der Waals surface area contributed by atoms with E-state index in [1.54, 1.807) is 18.2 Å². The Morgan fingerprint density at radius 3 is 2.50 bits per heavy atom. The van der Waals surface area contributed by atoms with Crippen LogP contribution in [0.1, 0.15) is 27.2 Å². The van der Waals surface area contributed by atoms with E-state index in [1.165, 1.54) is 0 Å². The van der Waals surface area contributed by atoms with Crippen molar-refractivity contribution < 1.29 is 10.2 Å². The maximum absolute atomic E-state index is 10.5. The molecule has 0 aliphatic carbocycles. The molecule has 2 aromatic carbocycles. The van der Waals surface area contributed by atoms with E-state index in [2.05, 4.69) is 54.9 Å². The fourth-order valence-corrected chi connectivity index (χ4v) is 4.52. The number of rotatable bonds is 3. The Morgan fingerprint density at radius 1 is 1.03 bits per heavy atom. The quantitative estimate of drug-likeness (QED) is 0.677. The lowest BCUT2D eigenvalue weighted by molar-refractivity contribution is 0.0391. The molecule has 0 amide bonds. The molecule has 158 valence electrons. The van der Waals surface area contributed by atoms with Gasteiger partial charge in [0.2, 0.25) is 0 Å². The largest absolute Gasteiger partial charge is 0.508 e. The van der Waals surface area contributed by atoms with E-state index in [4.69, 9.17) is 0 Å². The maximum atomic E-state index is 10.5. The van der Waals surface area contributed by atoms with Crippen molar-refractivity contribution in [3.8, 4) is 22.8 Å². The third-order valence-electron chi connectivity index (χ3n) is 7.16. The highest BCUT2D eigenvalue weighted by atomic mass is 16.3. The Labute approximate surface area is 177 Å². The van der Waals surface area contributed by atoms with Crippen molar-refractivity contribution in [1.29, 1.82) is 0 Å². The predicted molar refractivity (Wildman–Crippen MR) is 121 cm³/mol. The number of nitrogens with zero attached hydrogens (tertiary/aromatic N) is 4. The minimum atomic E-state index is 0.120. The molecule has 6 nitrogen and oxygen atoms in total. The van der Waals surface area contributed by atoms with E-state index >= 15 is 0 Å². The molecule has 1 aromatic heterocycles. The van der Waals surface area contributed by atoms with Crippen molar-refractivity contribution in [1.82, 2.24) is 15.1 Å². The van der Waals surface area contributed by atoms with Crippen molar-refractivity contribution in [3.63, 3.8) is 0 Å². The van der Waals surface area contributed by atoms with Gasteiger partial charge in [-0.1, -0.05) is 13.0 Å². The van der Waals surface area contributed by atoms with Crippen molar-refractivity contribution in [2.24, 2.45) is 5.92 Å². The lowest BCUT2D eigenvalue weighted by atomic mass is 9.77. The first-order valence-electron chi connectivity index (χ1n) is 10.4. The molecule has 1 fully saturated rings. The molecule has 2 atom stereocenters. The van der Waals surface area contributed by atoms with Crippen LogP contribution in [-0.2, 0) is 0 Å². The summed E-state index contributed by atoms with van der Waals surface area (Å²) in [6.07, 6.45) is 1.08. The van der Waals surface area contributed by atoms with E-state index in [0.29, 0.717) is 23.2 Å². The van der Waals surface area contributed by atoms with Crippen LogP contribution in [0.2, 0.25) is 0 Å². The predicted octanol–water partition coefficient (Wildman–Crippen LogP) is 4.26. The van der Waals surface area contributed by atoms with Gasteiger partial charge in [0, 0.05) is 30.7 Å².